The maximum atomic E-state index is 10.1. The van der Waals surface area contributed by atoms with Crippen LogP contribution >= 0.6 is 0 Å². The van der Waals surface area contributed by atoms with Crippen LogP contribution in [0.15, 0.2) is 5.34 Å². The fourth-order valence-electron chi connectivity index (χ4n) is 2.07. The van der Waals surface area contributed by atoms with Gasteiger partial charge in [0.2, 0.25) is 0 Å². The van der Waals surface area contributed by atoms with Crippen molar-refractivity contribution in [3.05, 3.63) is 4.91 Å². The average molecular weight is 347 g/mol. The minimum Gasteiger partial charge on any atom is -0.481 e. The quantitative estimate of drug-likeness (QED) is 0.247. The highest BCUT2D eigenvalue weighted by Crippen LogP contribution is 2.08. The highest BCUT2D eigenvalue weighted by Gasteiger charge is 2.01. The molecule has 0 aromatic heterocycles. The molecule has 2 N–H and O–H groups in total. The Balaban J connectivity index is 0. The topological polar surface area (TPSA) is 113 Å². The summed E-state index contributed by atoms with van der Waals surface area (Å²) in [5, 5.41) is 19.0. The van der Waals surface area contributed by atoms with Gasteiger partial charge in [0.05, 0.1) is 0 Å². The molecule has 0 rings (SSSR count). The molecule has 7 heteroatoms. The molecular weight excluding hydrogens is 314 g/mol. The van der Waals surface area contributed by atoms with Crippen LogP contribution in [0.2, 0.25) is 0 Å². The summed E-state index contributed by atoms with van der Waals surface area (Å²) in [6.45, 7) is 4.04. The number of nitrogens with zero attached hydrogens (tertiary/aromatic N) is 1. The van der Waals surface area contributed by atoms with Crippen molar-refractivity contribution in [2.45, 2.75) is 97.0 Å². The van der Waals surface area contributed by atoms with E-state index in [4.69, 9.17) is 10.2 Å². The maximum absolute atomic E-state index is 10.1. The third-order valence-corrected chi connectivity index (χ3v) is 3.47. The summed E-state index contributed by atoms with van der Waals surface area (Å²) in [5.41, 5.74) is 0. The summed E-state index contributed by atoms with van der Waals surface area (Å²) in [6, 6.07) is 0. The van der Waals surface area contributed by atoms with E-state index in [-0.39, 0.29) is 18.9 Å². The van der Waals surface area contributed by atoms with Gasteiger partial charge in [-0.05, 0) is 32.6 Å². The van der Waals surface area contributed by atoms with E-state index in [0.29, 0.717) is 12.8 Å². The van der Waals surface area contributed by atoms with E-state index in [0.717, 1.165) is 32.1 Å². The predicted molar refractivity (Wildman–Crippen MR) is 92.7 cm³/mol. The molecule has 0 saturated carbocycles. The Bertz CT molecular complexity index is 304. The minimum atomic E-state index is -0.759. The van der Waals surface area contributed by atoms with Crippen molar-refractivity contribution in [2.75, 3.05) is 0 Å². The molecule has 0 aromatic carbocycles. The molecule has 0 spiro atoms. The van der Waals surface area contributed by atoms with Crippen molar-refractivity contribution < 1.29 is 24.6 Å². The van der Waals surface area contributed by atoms with Gasteiger partial charge in [-0.1, -0.05) is 45.4 Å². The number of rotatable bonds is 15. The van der Waals surface area contributed by atoms with Crippen LogP contribution in [0.4, 0.5) is 0 Å². The van der Waals surface area contributed by atoms with E-state index >= 15 is 0 Å². The molecule has 1 unspecified atom stereocenters. The molecule has 0 aliphatic carbocycles. The van der Waals surface area contributed by atoms with E-state index < -0.39 is 11.9 Å². The Kier molecular flexibility index (Phi) is 19.9. The third-order valence-electron chi connectivity index (χ3n) is 3.47. The number of carboxylic acids is 2. The van der Waals surface area contributed by atoms with Crippen LogP contribution in [0.1, 0.15) is 90.9 Å². The highest BCUT2D eigenvalue weighted by atomic mass is 16.7. The summed E-state index contributed by atoms with van der Waals surface area (Å²) in [5.74, 6) is -1.52. The number of carboxylic acid groups (broad SMARTS) is 2. The first-order valence-corrected chi connectivity index (χ1v) is 8.86. The Morgan fingerprint density at radius 1 is 0.875 bits per heavy atom. The largest absolute Gasteiger partial charge is 0.481 e. The molecule has 1 atom stereocenters. The molecular formula is C17H33NO6. The fourth-order valence-corrected chi connectivity index (χ4v) is 2.07. The molecule has 0 heterocycles. The van der Waals surface area contributed by atoms with E-state index in [1.165, 1.54) is 19.3 Å². The Hall–Kier alpha value is -1.66. The Labute approximate surface area is 144 Å². The van der Waals surface area contributed by atoms with Crippen LogP contribution in [0.5, 0.6) is 0 Å². The normalized spacial score (nSPS) is 11.1. The molecule has 0 fully saturated rings. The molecule has 0 aliphatic heterocycles. The minimum absolute atomic E-state index is 0.00986. The van der Waals surface area contributed by atoms with Crippen molar-refractivity contribution >= 4 is 11.9 Å². The van der Waals surface area contributed by atoms with E-state index in [1.54, 1.807) is 0 Å². The van der Waals surface area contributed by atoms with Gasteiger partial charge in [-0.25, -0.2) is 0 Å². The van der Waals surface area contributed by atoms with Gasteiger partial charge in [0.1, 0.15) is 6.10 Å². The van der Waals surface area contributed by atoms with Crippen LogP contribution in [-0.4, -0.2) is 28.3 Å². The second-order valence-corrected chi connectivity index (χ2v) is 5.90. The lowest BCUT2D eigenvalue weighted by molar-refractivity contribution is -0.138. The molecule has 0 radical (unpaired) electrons. The molecule has 0 amide bonds. The highest BCUT2D eigenvalue weighted by molar-refractivity contribution is 5.66. The summed E-state index contributed by atoms with van der Waals surface area (Å²) >= 11 is 0. The standard InChI is InChI=1S/C9H16O4.C8H17NO2/c10-8(11)6-4-2-1-3-5-7-9(12)13;1-3-4-5-6-7-8(2)11-9-10/h1-7H2,(H,10,11)(H,12,13);8H,3-7H2,1-2H3. The fraction of sp³-hybridized carbons (Fsp3) is 0.882. The molecule has 142 valence electrons. The first-order valence-electron chi connectivity index (χ1n) is 8.86. The Morgan fingerprint density at radius 3 is 1.75 bits per heavy atom. The van der Waals surface area contributed by atoms with Crippen LogP contribution in [0, 0.1) is 4.91 Å². The molecule has 0 aliphatic rings. The monoisotopic (exact) mass is 347 g/mol. The molecule has 0 aromatic rings. The number of hydrogen-bond donors (Lipinski definition) is 2. The van der Waals surface area contributed by atoms with Gasteiger partial charge in [-0.2, -0.15) is 0 Å². The predicted octanol–water partition coefficient (Wildman–Crippen LogP) is 4.93. The molecule has 24 heavy (non-hydrogen) atoms. The Morgan fingerprint density at radius 2 is 1.33 bits per heavy atom. The summed E-state index contributed by atoms with van der Waals surface area (Å²) in [6.07, 6.45) is 10.3. The van der Waals surface area contributed by atoms with Gasteiger partial charge in [0.25, 0.3) is 0 Å². The lowest BCUT2D eigenvalue weighted by Crippen LogP contribution is -2.02. The first-order chi connectivity index (χ1) is 11.4. The van der Waals surface area contributed by atoms with Crippen molar-refractivity contribution in [1.82, 2.24) is 0 Å². The van der Waals surface area contributed by atoms with Gasteiger partial charge in [-0.3, -0.25) is 9.59 Å². The molecule has 0 bridgehead atoms. The smallest absolute Gasteiger partial charge is 0.303 e. The molecule has 7 nitrogen and oxygen atoms in total. The zero-order chi connectivity index (χ0) is 18.6. The maximum Gasteiger partial charge on any atom is 0.303 e. The SMILES string of the molecule is CCCCCCC(C)ON=O.O=C(O)CCCCCCCC(=O)O. The summed E-state index contributed by atoms with van der Waals surface area (Å²) in [4.78, 5) is 34.3. The van der Waals surface area contributed by atoms with E-state index in [9.17, 15) is 14.5 Å². The van der Waals surface area contributed by atoms with Crippen LogP contribution in [-0.2, 0) is 14.4 Å². The zero-order valence-electron chi connectivity index (χ0n) is 15.0. The van der Waals surface area contributed by atoms with Crippen LogP contribution in [0.3, 0.4) is 0 Å². The second-order valence-electron chi connectivity index (χ2n) is 5.90. The van der Waals surface area contributed by atoms with Crippen molar-refractivity contribution in [2.24, 2.45) is 5.34 Å². The van der Waals surface area contributed by atoms with Gasteiger partial charge >= 0.3 is 11.9 Å². The van der Waals surface area contributed by atoms with Gasteiger partial charge in [0.15, 0.2) is 5.34 Å². The number of aliphatic carboxylic acids is 2. The van der Waals surface area contributed by atoms with E-state index in [2.05, 4.69) is 17.1 Å². The zero-order valence-corrected chi connectivity index (χ0v) is 15.0. The van der Waals surface area contributed by atoms with Crippen molar-refractivity contribution in [3.63, 3.8) is 0 Å². The van der Waals surface area contributed by atoms with Gasteiger partial charge in [-0.15, -0.1) is 4.91 Å². The molecule has 0 saturated heterocycles. The van der Waals surface area contributed by atoms with Gasteiger partial charge < -0.3 is 15.1 Å². The third kappa shape index (κ3) is 25.3. The van der Waals surface area contributed by atoms with Crippen molar-refractivity contribution in [1.29, 1.82) is 0 Å². The van der Waals surface area contributed by atoms with Gasteiger partial charge in [0, 0.05) is 12.8 Å². The summed E-state index contributed by atoms with van der Waals surface area (Å²) < 4.78 is 0. The lowest BCUT2D eigenvalue weighted by atomic mass is 10.1. The van der Waals surface area contributed by atoms with E-state index in [1.807, 2.05) is 6.92 Å². The summed E-state index contributed by atoms with van der Waals surface area (Å²) in [7, 11) is 0. The number of carbonyl (C=O) groups is 2. The number of hydrogen-bond acceptors (Lipinski definition) is 5. The number of unbranched alkanes of at least 4 members (excludes halogenated alkanes) is 7. The van der Waals surface area contributed by atoms with Crippen molar-refractivity contribution in [3.8, 4) is 0 Å². The average Bonchev–Trinajstić information content (AvgIpc) is 2.51. The lowest BCUT2D eigenvalue weighted by Gasteiger charge is -2.05. The first kappa shape index (κ1) is 24.6. The van der Waals surface area contributed by atoms with Crippen LogP contribution in [0.25, 0.3) is 0 Å². The second kappa shape index (κ2) is 19.4. The van der Waals surface area contributed by atoms with Crippen LogP contribution < -0.4 is 0 Å².